The maximum absolute atomic E-state index is 4.57. The van der Waals surface area contributed by atoms with Gasteiger partial charge in [0.2, 0.25) is 0 Å². The first-order valence-corrected chi connectivity index (χ1v) is 11.4. The molecule has 4 rings (SSSR count). The predicted octanol–water partition coefficient (Wildman–Crippen LogP) is 8.07. The molecule has 3 aromatic carbocycles. The maximum atomic E-state index is 4.57. The molecular formula is C30H31N. The number of unbranched alkanes of at least 4 members (excludes halogenated alkanes) is 3. The van der Waals surface area contributed by atoms with Gasteiger partial charge in [0.25, 0.3) is 0 Å². The fraction of sp³-hybridized carbons (Fsp3) is 0.233. The summed E-state index contributed by atoms with van der Waals surface area (Å²) in [6.07, 6.45) is 9.47. The topological polar surface area (TPSA) is 12.9 Å². The fourth-order valence-corrected chi connectivity index (χ4v) is 4.02. The summed E-state index contributed by atoms with van der Waals surface area (Å²) in [5.74, 6) is 0. The van der Waals surface area contributed by atoms with E-state index in [1.807, 2.05) is 6.20 Å². The quantitative estimate of drug-likeness (QED) is 0.257. The first-order valence-electron chi connectivity index (χ1n) is 11.4. The minimum absolute atomic E-state index is 1.02. The molecule has 0 atom stereocenters. The Labute approximate surface area is 186 Å². The van der Waals surface area contributed by atoms with Gasteiger partial charge in [-0.2, -0.15) is 0 Å². The normalized spacial score (nSPS) is 10.9. The van der Waals surface area contributed by atoms with Gasteiger partial charge in [-0.3, -0.25) is 4.98 Å². The summed E-state index contributed by atoms with van der Waals surface area (Å²) in [6.45, 7) is 2.07. The third kappa shape index (κ3) is 6.15. The van der Waals surface area contributed by atoms with Crippen LogP contribution >= 0.6 is 0 Å². The van der Waals surface area contributed by atoms with Crippen molar-refractivity contribution in [1.82, 2.24) is 4.98 Å². The van der Waals surface area contributed by atoms with Gasteiger partial charge in [-0.1, -0.05) is 91.7 Å². The highest BCUT2D eigenvalue weighted by atomic mass is 14.7. The second kappa shape index (κ2) is 10.7. The predicted molar refractivity (Wildman–Crippen MR) is 132 cm³/mol. The van der Waals surface area contributed by atoms with Crippen LogP contribution in [0.25, 0.3) is 22.4 Å². The van der Waals surface area contributed by atoms with Gasteiger partial charge < -0.3 is 0 Å². The second-order valence-electron chi connectivity index (χ2n) is 8.40. The largest absolute Gasteiger partial charge is 0.256 e. The van der Waals surface area contributed by atoms with E-state index < -0.39 is 0 Å². The summed E-state index contributed by atoms with van der Waals surface area (Å²) in [5.41, 5.74) is 8.77. The van der Waals surface area contributed by atoms with Crippen molar-refractivity contribution < 1.29 is 0 Å². The van der Waals surface area contributed by atoms with Crippen molar-refractivity contribution in [2.24, 2.45) is 0 Å². The lowest BCUT2D eigenvalue weighted by molar-refractivity contribution is 0.640. The first-order chi connectivity index (χ1) is 15.3. The molecule has 0 aliphatic heterocycles. The molecule has 156 valence electrons. The zero-order valence-electron chi connectivity index (χ0n) is 18.4. The van der Waals surface area contributed by atoms with Crippen molar-refractivity contribution in [3.8, 4) is 22.4 Å². The van der Waals surface area contributed by atoms with Crippen molar-refractivity contribution >= 4 is 0 Å². The number of benzene rings is 3. The van der Waals surface area contributed by atoms with Crippen LogP contribution in [0.1, 0.15) is 42.4 Å². The Kier molecular flexibility index (Phi) is 7.28. The molecule has 4 aromatic rings. The fourth-order valence-electron chi connectivity index (χ4n) is 4.02. The van der Waals surface area contributed by atoms with Crippen LogP contribution in [-0.2, 0) is 12.8 Å². The van der Waals surface area contributed by atoms with Crippen LogP contribution in [0.4, 0.5) is 0 Å². The van der Waals surface area contributed by atoms with E-state index in [0.717, 1.165) is 11.3 Å². The highest BCUT2D eigenvalue weighted by Gasteiger charge is 2.03. The minimum atomic E-state index is 1.02. The summed E-state index contributed by atoms with van der Waals surface area (Å²) in [4.78, 5) is 4.57. The smallest absolute Gasteiger partial charge is 0.0702 e. The Bertz CT molecular complexity index is 1060. The number of hydrogen-bond acceptors (Lipinski definition) is 1. The van der Waals surface area contributed by atoms with E-state index in [2.05, 4.69) is 103 Å². The lowest BCUT2D eigenvalue weighted by Gasteiger charge is -2.08. The molecule has 1 heteroatoms. The zero-order valence-corrected chi connectivity index (χ0v) is 18.4. The van der Waals surface area contributed by atoms with Crippen molar-refractivity contribution in [3.05, 3.63) is 114 Å². The van der Waals surface area contributed by atoms with Crippen LogP contribution in [0.2, 0.25) is 0 Å². The monoisotopic (exact) mass is 405 g/mol. The molecule has 0 fully saturated rings. The van der Waals surface area contributed by atoms with Crippen molar-refractivity contribution in [2.45, 2.75) is 45.4 Å². The van der Waals surface area contributed by atoms with Crippen LogP contribution in [0, 0.1) is 6.92 Å². The SMILES string of the molecule is Cc1ccc(-c2cccc(-c3ccc(CCCCCCc4ccccc4)cc3)c2)nc1. The average Bonchev–Trinajstić information content (AvgIpc) is 2.83. The highest BCUT2D eigenvalue weighted by molar-refractivity contribution is 5.71. The molecule has 0 spiro atoms. The van der Waals surface area contributed by atoms with Gasteiger partial charge in [0.1, 0.15) is 0 Å². The van der Waals surface area contributed by atoms with Crippen LogP contribution in [-0.4, -0.2) is 4.98 Å². The molecule has 1 heterocycles. The lowest BCUT2D eigenvalue weighted by atomic mass is 9.98. The van der Waals surface area contributed by atoms with E-state index in [9.17, 15) is 0 Å². The van der Waals surface area contributed by atoms with Crippen molar-refractivity contribution in [1.29, 1.82) is 0 Å². The molecule has 0 bridgehead atoms. The second-order valence-corrected chi connectivity index (χ2v) is 8.40. The van der Waals surface area contributed by atoms with Crippen LogP contribution in [0.3, 0.4) is 0 Å². The van der Waals surface area contributed by atoms with Gasteiger partial charge in [-0.25, -0.2) is 0 Å². The van der Waals surface area contributed by atoms with Gasteiger partial charge in [-0.15, -0.1) is 0 Å². The first kappa shape index (κ1) is 21.1. The minimum Gasteiger partial charge on any atom is -0.256 e. The molecule has 0 saturated heterocycles. The van der Waals surface area contributed by atoms with E-state index >= 15 is 0 Å². The zero-order chi connectivity index (χ0) is 21.3. The molecule has 31 heavy (non-hydrogen) atoms. The molecule has 1 aromatic heterocycles. The third-order valence-corrected chi connectivity index (χ3v) is 5.88. The van der Waals surface area contributed by atoms with Crippen LogP contribution < -0.4 is 0 Å². The molecule has 0 N–H and O–H groups in total. The molecule has 0 aliphatic rings. The molecule has 0 unspecified atom stereocenters. The molecule has 0 amide bonds. The van der Waals surface area contributed by atoms with Crippen LogP contribution in [0.5, 0.6) is 0 Å². The van der Waals surface area contributed by atoms with Gasteiger partial charge in [0, 0.05) is 11.8 Å². The molecule has 1 nitrogen and oxygen atoms in total. The number of rotatable bonds is 9. The lowest BCUT2D eigenvalue weighted by Crippen LogP contribution is -1.89. The Balaban J connectivity index is 1.27. The Morgan fingerprint density at radius 2 is 1.23 bits per heavy atom. The number of nitrogens with zero attached hydrogens (tertiary/aromatic N) is 1. The number of hydrogen-bond donors (Lipinski definition) is 0. The van der Waals surface area contributed by atoms with Gasteiger partial charge in [0.05, 0.1) is 5.69 Å². The molecule has 0 saturated carbocycles. The average molecular weight is 406 g/mol. The summed E-state index contributed by atoms with van der Waals surface area (Å²) >= 11 is 0. The van der Waals surface area contributed by atoms with Gasteiger partial charge >= 0.3 is 0 Å². The van der Waals surface area contributed by atoms with Gasteiger partial charge in [0.15, 0.2) is 0 Å². The summed E-state index contributed by atoms with van der Waals surface area (Å²) < 4.78 is 0. The summed E-state index contributed by atoms with van der Waals surface area (Å²) in [5, 5.41) is 0. The molecule has 0 aliphatic carbocycles. The Morgan fingerprint density at radius 1 is 0.548 bits per heavy atom. The van der Waals surface area contributed by atoms with E-state index in [0.29, 0.717) is 0 Å². The Hall–Kier alpha value is -3.19. The van der Waals surface area contributed by atoms with E-state index in [1.165, 1.54) is 66.3 Å². The number of aryl methyl sites for hydroxylation is 3. The Morgan fingerprint density at radius 3 is 1.90 bits per heavy atom. The summed E-state index contributed by atoms with van der Waals surface area (Å²) in [7, 11) is 0. The van der Waals surface area contributed by atoms with Gasteiger partial charge in [-0.05, 0) is 72.6 Å². The molecule has 0 radical (unpaired) electrons. The summed E-state index contributed by atoms with van der Waals surface area (Å²) in [6, 6.07) is 32.8. The van der Waals surface area contributed by atoms with E-state index in [1.54, 1.807) is 0 Å². The highest BCUT2D eigenvalue weighted by Crippen LogP contribution is 2.26. The standard InChI is InChI=1S/C30H31N/c1-24-16-21-30(31-23-24)29-15-9-14-28(22-29)27-19-17-26(18-20-27)13-6-3-2-5-10-25-11-7-4-8-12-25/h4,7-9,11-12,14-23H,2-3,5-6,10,13H2,1H3. The third-order valence-electron chi connectivity index (χ3n) is 5.88. The number of aromatic nitrogens is 1. The van der Waals surface area contributed by atoms with E-state index in [4.69, 9.17) is 0 Å². The van der Waals surface area contributed by atoms with Crippen LogP contribution in [0.15, 0.2) is 97.2 Å². The van der Waals surface area contributed by atoms with Crippen molar-refractivity contribution in [3.63, 3.8) is 0 Å². The van der Waals surface area contributed by atoms with E-state index in [-0.39, 0.29) is 0 Å². The molecular weight excluding hydrogens is 374 g/mol. The number of pyridine rings is 1. The maximum Gasteiger partial charge on any atom is 0.0702 e. The van der Waals surface area contributed by atoms with Crippen molar-refractivity contribution in [2.75, 3.05) is 0 Å².